The van der Waals surface area contributed by atoms with Crippen molar-refractivity contribution in [3.05, 3.63) is 0 Å². The first-order valence-electron chi connectivity index (χ1n) is 12.6. The fraction of sp³-hybridized carbons (Fsp3) is 0.917. The summed E-state index contributed by atoms with van der Waals surface area (Å²) in [4.78, 5) is 23.8. The lowest BCUT2D eigenvalue weighted by Crippen LogP contribution is -2.44. The van der Waals surface area contributed by atoms with Gasteiger partial charge < -0.3 is 10.1 Å². The minimum absolute atomic E-state index is 0.206. The van der Waals surface area contributed by atoms with Gasteiger partial charge in [-0.2, -0.15) is 13.2 Å². The lowest BCUT2D eigenvalue weighted by Gasteiger charge is -2.21. The van der Waals surface area contributed by atoms with E-state index in [1.165, 1.54) is 38.5 Å². The quantitative estimate of drug-likeness (QED) is 0.257. The number of hydrazine groups is 1. The third kappa shape index (κ3) is 16.7. The fourth-order valence-corrected chi connectivity index (χ4v) is 3.86. The van der Waals surface area contributed by atoms with Gasteiger partial charge in [0.1, 0.15) is 11.6 Å². The van der Waals surface area contributed by atoms with Crippen molar-refractivity contribution in [2.45, 2.75) is 128 Å². The van der Waals surface area contributed by atoms with Gasteiger partial charge in [-0.05, 0) is 33.6 Å². The van der Waals surface area contributed by atoms with Crippen LogP contribution in [0.2, 0.25) is 0 Å². The molecule has 0 aromatic rings. The Balaban J connectivity index is 1.90. The maximum atomic E-state index is 12.0. The van der Waals surface area contributed by atoms with Crippen LogP contribution in [0.3, 0.4) is 0 Å². The van der Waals surface area contributed by atoms with Gasteiger partial charge in [-0.15, -0.1) is 0 Å². The highest BCUT2D eigenvalue weighted by molar-refractivity contribution is 5.87. The molecule has 1 fully saturated rings. The van der Waals surface area contributed by atoms with Crippen LogP contribution in [0.15, 0.2) is 0 Å². The molecule has 1 aliphatic heterocycles. The Morgan fingerprint density at radius 2 is 1.36 bits per heavy atom. The van der Waals surface area contributed by atoms with Gasteiger partial charge in [0.2, 0.25) is 0 Å². The van der Waals surface area contributed by atoms with E-state index in [0.717, 1.165) is 38.6 Å². The number of alkyl halides is 3. The molecule has 0 aliphatic carbocycles. The average Bonchev–Trinajstić information content (AvgIpc) is 3.01. The molecule has 1 saturated heterocycles. The van der Waals surface area contributed by atoms with Crippen molar-refractivity contribution in [1.29, 1.82) is 0 Å². The van der Waals surface area contributed by atoms with Crippen LogP contribution in [-0.2, 0) is 9.53 Å². The maximum absolute atomic E-state index is 12.0. The topological polar surface area (TPSA) is 70.7 Å². The summed E-state index contributed by atoms with van der Waals surface area (Å²) in [6, 6.07) is -0.584. The van der Waals surface area contributed by atoms with Gasteiger partial charge >= 0.3 is 12.3 Å². The summed E-state index contributed by atoms with van der Waals surface area (Å²) in [5.74, 6) is -0.206. The number of alkyl carbamates (subject to hydrolysis) is 1. The van der Waals surface area contributed by atoms with E-state index in [0.29, 0.717) is 13.0 Å². The average molecular weight is 480 g/mol. The van der Waals surface area contributed by atoms with Crippen molar-refractivity contribution in [3.63, 3.8) is 0 Å². The Morgan fingerprint density at radius 3 is 1.82 bits per heavy atom. The number of carbonyl (C=O) groups excluding carboxylic acids is 2. The van der Waals surface area contributed by atoms with Gasteiger partial charge in [-0.1, -0.05) is 70.6 Å². The van der Waals surface area contributed by atoms with E-state index >= 15 is 0 Å². The molecule has 0 saturated carbocycles. The Morgan fingerprint density at radius 1 is 0.909 bits per heavy atom. The van der Waals surface area contributed by atoms with E-state index in [1.54, 1.807) is 20.8 Å². The van der Waals surface area contributed by atoms with Gasteiger partial charge in [0.05, 0.1) is 0 Å². The molecular weight excluding hydrogens is 435 g/mol. The summed E-state index contributed by atoms with van der Waals surface area (Å²) >= 11 is 0. The number of hydrogen-bond acceptors (Lipinski definition) is 4. The molecule has 1 heterocycles. The van der Waals surface area contributed by atoms with E-state index in [2.05, 4.69) is 10.7 Å². The summed E-state index contributed by atoms with van der Waals surface area (Å²) in [5.41, 5.74) is 2.20. The monoisotopic (exact) mass is 479 g/mol. The molecule has 0 aromatic heterocycles. The molecule has 194 valence electrons. The molecule has 6 nitrogen and oxygen atoms in total. The van der Waals surface area contributed by atoms with Crippen LogP contribution in [-0.4, -0.2) is 47.9 Å². The lowest BCUT2D eigenvalue weighted by molar-refractivity contribution is -0.135. The van der Waals surface area contributed by atoms with Gasteiger partial charge in [0.15, 0.2) is 0 Å². The van der Waals surface area contributed by atoms with Crippen molar-refractivity contribution in [3.8, 4) is 0 Å². The molecule has 0 spiro atoms. The predicted molar refractivity (Wildman–Crippen MR) is 124 cm³/mol. The van der Waals surface area contributed by atoms with Gasteiger partial charge in [-0.25, -0.2) is 9.80 Å². The van der Waals surface area contributed by atoms with Crippen LogP contribution in [0.25, 0.3) is 0 Å². The van der Waals surface area contributed by atoms with E-state index in [4.69, 9.17) is 4.74 Å². The first-order chi connectivity index (χ1) is 15.5. The van der Waals surface area contributed by atoms with Crippen molar-refractivity contribution >= 4 is 12.0 Å². The third-order valence-electron chi connectivity index (χ3n) is 5.57. The second-order valence-electron chi connectivity index (χ2n) is 10.1. The summed E-state index contributed by atoms with van der Waals surface area (Å²) in [5, 5.41) is 4.47. The van der Waals surface area contributed by atoms with E-state index in [-0.39, 0.29) is 12.3 Å². The number of ether oxygens (including phenoxy) is 1. The zero-order chi connectivity index (χ0) is 24.7. The minimum Gasteiger partial charge on any atom is -0.444 e. The summed E-state index contributed by atoms with van der Waals surface area (Å²) in [6.45, 7) is 6.55. The Labute approximate surface area is 197 Å². The second kappa shape index (κ2) is 15.4. The van der Waals surface area contributed by atoms with Crippen LogP contribution in [0.4, 0.5) is 18.0 Å². The smallest absolute Gasteiger partial charge is 0.408 e. The third-order valence-corrected chi connectivity index (χ3v) is 5.57. The van der Waals surface area contributed by atoms with Gasteiger partial charge in [0, 0.05) is 19.5 Å². The molecule has 0 aromatic carbocycles. The van der Waals surface area contributed by atoms with Crippen molar-refractivity contribution in [2.24, 2.45) is 0 Å². The predicted octanol–water partition coefficient (Wildman–Crippen LogP) is 6.25. The molecule has 1 atom stereocenters. The first kappa shape index (κ1) is 29.5. The summed E-state index contributed by atoms with van der Waals surface area (Å²) < 4.78 is 41.3. The number of hydrogen-bond donors (Lipinski definition) is 2. The standard InChI is InChI=1S/C24H44F3N3O3/c1-23(2,3)33-22(32)28-20-19-30(29-21(20)31)18-16-14-12-10-8-6-4-5-7-9-11-13-15-17-24(25,26)27/h20H,4-19H2,1-3H3,(H,28,32)(H,29,31)/t20-/m0/s1. The zero-order valence-electron chi connectivity index (χ0n) is 20.7. The van der Waals surface area contributed by atoms with Crippen LogP contribution in [0.1, 0.15) is 111 Å². The number of nitrogens with one attached hydrogen (secondary N) is 2. The van der Waals surface area contributed by atoms with Gasteiger partial charge in [0.25, 0.3) is 5.91 Å². The molecule has 0 radical (unpaired) electrons. The number of amides is 2. The molecule has 2 amide bonds. The van der Waals surface area contributed by atoms with E-state index in [9.17, 15) is 22.8 Å². The van der Waals surface area contributed by atoms with Crippen LogP contribution >= 0.6 is 0 Å². The summed E-state index contributed by atoms with van der Waals surface area (Å²) in [6.07, 6.45) is 8.06. The highest BCUT2D eigenvalue weighted by Crippen LogP contribution is 2.23. The van der Waals surface area contributed by atoms with Crippen LogP contribution < -0.4 is 10.7 Å². The molecule has 0 bridgehead atoms. The van der Waals surface area contributed by atoms with Crippen molar-refractivity contribution in [1.82, 2.24) is 15.8 Å². The molecule has 9 heteroatoms. The number of carbonyl (C=O) groups is 2. The number of rotatable bonds is 16. The molecular formula is C24H44F3N3O3. The van der Waals surface area contributed by atoms with E-state index < -0.39 is 30.3 Å². The minimum atomic E-state index is -4.01. The van der Waals surface area contributed by atoms with Crippen molar-refractivity contribution < 1.29 is 27.5 Å². The summed E-state index contributed by atoms with van der Waals surface area (Å²) in [7, 11) is 0. The molecule has 0 unspecified atom stereocenters. The molecule has 2 N–H and O–H groups in total. The van der Waals surface area contributed by atoms with Crippen LogP contribution in [0.5, 0.6) is 0 Å². The number of unbranched alkanes of at least 4 members (excludes halogenated alkanes) is 12. The van der Waals surface area contributed by atoms with Crippen molar-refractivity contribution in [2.75, 3.05) is 13.1 Å². The van der Waals surface area contributed by atoms with E-state index in [1.807, 2.05) is 5.01 Å². The second-order valence-corrected chi connectivity index (χ2v) is 10.1. The Bertz CT molecular complexity index is 565. The zero-order valence-corrected chi connectivity index (χ0v) is 20.7. The molecule has 1 rings (SSSR count). The molecule has 1 aliphatic rings. The number of nitrogens with zero attached hydrogens (tertiary/aromatic N) is 1. The SMILES string of the molecule is CC(C)(C)OC(=O)N[C@H]1CN(CCCCCCCCCCCCCCCC(F)(F)F)NC1=O. The Hall–Kier alpha value is -1.51. The van der Waals surface area contributed by atoms with Crippen LogP contribution in [0, 0.1) is 0 Å². The normalized spacial score (nSPS) is 17.3. The largest absolute Gasteiger partial charge is 0.444 e. The maximum Gasteiger partial charge on any atom is 0.408 e. The highest BCUT2D eigenvalue weighted by atomic mass is 19.4. The highest BCUT2D eigenvalue weighted by Gasteiger charge is 2.32. The Kier molecular flexibility index (Phi) is 13.8. The number of halogens is 3. The fourth-order valence-electron chi connectivity index (χ4n) is 3.86. The molecule has 33 heavy (non-hydrogen) atoms. The lowest BCUT2D eigenvalue weighted by atomic mass is 10.0. The first-order valence-corrected chi connectivity index (χ1v) is 12.6. The van der Waals surface area contributed by atoms with Gasteiger partial charge in [-0.3, -0.25) is 10.2 Å².